The van der Waals surface area contributed by atoms with Crippen LogP contribution >= 0.6 is 0 Å². The van der Waals surface area contributed by atoms with E-state index in [1.165, 1.54) is 6.08 Å². The number of carboxylic acids is 1. The zero-order chi connectivity index (χ0) is 25.5. The van der Waals surface area contributed by atoms with Gasteiger partial charge in [-0.25, -0.2) is 4.79 Å². The Morgan fingerprint density at radius 3 is 2.40 bits per heavy atom. The Morgan fingerprint density at radius 1 is 1.06 bits per heavy atom. The van der Waals surface area contributed by atoms with Crippen LogP contribution in [0.5, 0.6) is 17.2 Å². The lowest BCUT2D eigenvalue weighted by molar-refractivity contribution is -0.141. The molecule has 0 spiro atoms. The van der Waals surface area contributed by atoms with Crippen molar-refractivity contribution >= 4 is 28.4 Å². The molecular formula is C27H31NO7. The number of nitrogens with one attached hydrogen (secondary N) is 1. The highest BCUT2D eigenvalue weighted by atomic mass is 16.5. The first-order valence-corrected chi connectivity index (χ1v) is 11.4. The van der Waals surface area contributed by atoms with Gasteiger partial charge in [0.05, 0.1) is 27.6 Å². The SMILES string of the molecule is CCCCC(NC(=O)/C=C(\C)c1cc2c(-c3ccc(OC)c(OC)c3)coc2cc1OC)C(=O)O. The smallest absolute Gasteiger partial charge is 0.326 e. The lowest BCUT2D eigenvalue weighted by Gasteiger charge is -2.14. The molecule has 1 heterocycles. The van der Waals surface area contributed by atoms with Gasteiger partial charge in [0, 0.05) is 28.7 Å². The molecule has 8 nitrogen and oxygen atoms in total. The van der Waals surface area contributed by atoms with Crippen molar-refractivity contribution < 1.29 is 33.3 Å². The number of ether oxygens (including phenoxy) is 3. The zero-order valence-corrected chi connectivity index (χ0v) is 20.6. The number of furan rings is 1. The summed E-state index contributed by atoms with van der Waals surface area (Å²) >= 11 is 0. The fourth-order valence-corrected chi connectivity index (χ4v) is 3.91. The number of hydrogen-bond acceptors (Lipinski definition) is 6. The lowest BCUT2D eigenvalue weighted by Crippen LogP contribution is -2.40. The number of amides is 1. The maximum Gasteiger partial charge on any atom is 0.326 e. The third-order valence-electron chi connectivity index (χ3n) is 5.82. The molecule has 0 bridgehead atoms. The van der Waals surface area contributed by atoms with E-state index < -0.39 is 17.9 Å². The number of carbonyl (C=O) groups excluding carboxylic acids is 1. The maximum atomic E-state index is 12.6. The van der Waals surface area contributed by atoms with E-state index in [2.05, 4.69) is 5.32 Å². The largest absolute Gasteiger partial charge is 0.496 e. The van der Waals surface area contributed by atoms with Crippen LogP contribution < -0.4 is 19.5 Å². The number of carboxylic acid groups (broad SMARTS) is 1. The number of allylic oxidation sites excluding steroid dienone is 1. The van der Waals surface area contributed by atoms with Crippen LogP contribution in [0.1, 0.15) is 38.7 Å². The lowest BCUT2D eigenvalue weighted by atomic mass is 9.99. The molecule has 0 radical (unpaired) electrons. The molecule has 3 rings (SSSR count). The van der Waals surface area contributed by atoms with Crippen molar-refractivity contribution in [3.63, 3.8) is 0 Å². The number of unbranched alkanes of at least 4 members (excludes halogenated alkanes) is 1. The molecule has 1 atom stereocenters. The summed E-state index contributed by atoms with van der Waals surface area (Å²) in [7, 11) is 4.70. The molecule has 0 fully saturated rings. The van der Waals surface area contributed by atoms with E-state index in [9.17, 15) is 14.7 Å². The van der Waals surface area contributed by atoms with Crippen LogP contribution in [0.25, 0.3) is 27.7 Å². The average molecular weight is 482 g/mol. The van der Waals surface area contributed by atoms with Gasteiger partial charge >= 0.3 is 5.97 Å². The molecule has 1 amide bonds. The van der Waals surface area contributed by atoms with Gasteiger partial charge in [-0.3, -0.25) is 4.79 Å². The van der Waals surface area contributed by atoms with Crippen molar-refractivity contribution in [2.24, 2.45) is 0 Å². The van der Waals surface area contributed by atoms with Crippen LogP contribution in [0.15, 0.2) is 47.1 Å². The van der Waals surface area contributed by atoms with E-state index in [-0.39, 0.29) is 0 Å². The Morgan fingerprint density at radius 2 is 1.77 bits per heavy atom. The molecule has 186 valence electrons. The van der Waals surface area contributed by atoms with Crippen molar-refractivity contribution in [2.75, 3.05) is 21.3 Å². The molecule has 8 heteroatoms. The normalized spacial score (nSPS) is 12.3. The summed E-state index contributed by atoms with van der Waals surface area (Å²) in [5.74, 6) is 0.231. The van der Waals surface area contributed by atoms with E-state index in [4.69, 9.17) is 18.6 Å². The Labute approximate surface area is 204 Å². The van der Waals surface area contributed by atoms with Gasteiger partial charge in [0.1, 0.15) is 17.4 Å². The van der Waals surface area contributed by atoms with Gasteiger partial charge in [0.15, 0.2) is 11.5 Å². The molecule has 0 aliphatic rings. The Balaban J connectivity index is 1.99. The summed E-state index contributed by atoms with van der Waals surface area (Å²) in [6, 6.07) is 8.34. The standard InChI is InChI=1S/C27H31NO7/c1-6-7-8-21(27(30)31)28-26(29)11-16(2)18-13-19-20(15-35-24(19)14-23(18)33-4)17-9-10-22(32-3)25(12-17)34-5/h9-15,21H,6-8H2,1-5H3,(H,28,29)(H,30,31)/b16-11+. The molecule has 0 aliphatic heterocycles. The minimum atomic E-state index is -1.05. The number of rotatable bonds is 11. The topological polar surface area (TPSA) is 107 Å². The van der Waals surface area contributed by atoms with Gasteiger partial charge in [-0.05, 0) is 42.7 Å². The second-order valence-electron chi connectivity index (χ2n) is 8.14. The van der Waals surface area contributed by atoms with Crippen LogP contribution in [0, 0.1) is 0 Å². The van der Waals surface area contributed by atoms with Gasteiger partial charge in [0.2, 0.25) is 5.91 Å². The van der Waals surface area contributed by atoms with Gasteiger partial charge in [-0.1, -0.05) is 25.8 Å². The van der Waals surface area contributed by atoms with Gasteiger partial charge < -0.3 is 29.1 Å². The first-order chi connectivity index (χ1) is 16.8. The van der Waals surface area contributed by atoms with Gasteiger partial charge in [-0.2, -0.15) is 0 Å². The molecule has 2 aromatic carbocycles. The summed E-state index contributed by atoms with van der Waals surface area (Å²) in [4.78, 5) is 24.1. The Bertz CT molecular complexity index is 1240. The summed E-state index contributed by atoms with van der Waals surface area (Å²) in [5, 5.41) is 12.8. The number of fused-ring (bicyclic) bond motifs is 1. The van der Waals surface area contributed by atoms with Crippen molar-refractivity contribution in [3.8, 4) is 28.4 Å². The maximum absolute atomic E-state index is 12.6. The van der Waals surface area contributed by atoms with Crippen LogP contribution in [-0.2, 0) is 9.59 Å². The predicted molar refractivity (Wildman–Crippen MR) is 134 cm³/mol. The van der Waals surface area contributed by atoms with E-state index in [1.807, 2.05) is 31.2 Å². The van der Waals surface area contributed by atoms with E-state index in [0.717, 1.165) is 22.9 Å². The third-order valence-corrected chi connectivity index (χ3v) is 5.82. The predicted octanol–water partition coefficient (Wildman–Crippen LogP) is 5.29. The van der Waals surface area contributed by atoms with Crippen LogP contribution in [-0.4, -0.2) is 44.4 Å². The third kappa shape index (κ3) is 5.77. The number of benzene rings is 2. The van der Waals surface area contributed by atoms with Crippen LogP contribution in [0.3, 0.4) is 0 Å². The molecule has 1 aromatic heterocycles. The molecular weight excluding hydrogens is 450 g/mol. The highest BCUT2D eigenvalue weighted by Crippen LogP contribution is 2.39. The highest BCUT2D eigenvalue weighted by molar-refractivity contribution is 6.01. The monoisotopic (exact) mass is 481 g/mol. The Kier molecular flexibility index (Phi) is 8.41. The number of carbonyl (C=O) groups is 2. The van der Waals surface area contributed by atoms with Crippen LogP contribution in [0.2, 0.25) is 0 Å². The average Bonchev–Trinajstić information content (AvgIpc) is 3.27. The summed E-state index contributed by atoms with van der Waals surface area (Å²) < 4.78 is 22.1. The first-order valence-electron chi connectivity index (χ1n) is 11.4. The first kappa shape index (κ1) is 25.7. The molecule has 2 N–H and O–H groups in total. The summed E-state index contributed by atoms with van der Waals surface area (Å²) in [6.45, 7) is 3.75. The minimum absolute atomic E-state index is 0.378. The molecule has 3 aromatic rings. The van der Waals surface area contributed by atoms with E-state index in [1.54, 1.807) is 40.6 Å². The Hall–Kier alpha value is -3.94. The van der Waals surface area contributed by atoms with Gasteiger partial charge in [0.25, 0.3) is 0 Å². The summed E-state index contributed by atoms with van der Waals surface area (Å²) in [6.07, 6.45) is 4.99. The highest BCUT2D eigenvalue weighted by Gasteiger charge is 2.20. The number of hydrogen-bond donors (Lipinski definition) is 2. The minimum Gasteiger partial charge on any atom is -0.496 e. The van der Waals surface area contributed by atoms with Crippen molar-refractivity contribution in [3.05, 3.63) is 48.2 Å². The molecule has 1 unspecified atom stereocenters. The number of methoxy groups -OCH3 is 3. The zero-order valence-electron chi connectivity index (χ0n) is 20.6. The van der Waals surface area contributed by atoms with Gasteiger partial charge in [-0.15, -0.1) is 0 Å². The fourth-order valence-electron chi connectivity index (χ4n) is 3.91. The van der Waals surface area contributed by atoms with Crippen LogP contribution in [0.4, 0.5) is 0 Å². The fraction of sp³-hybridized carbons (Fsp3) is 0.333. The molecule has 35 heavy (non-hydrogen) atoms. The van der Waals surface area contributed by atoms with Crippen molar-refractivity contribution in [1.82, 2.24) is 5.32 Å². The van der Waals surface area contributed by atoms with Crippen molar-refractivity contribution in [1.29, 1.82) is 0 Å². The quantitative estimate of drug-likeness (QED) is 0.358. The van der Waals surface area contributed by atoms with Crippen molar-refractivity contribution in [2.45, 2.75) is 39.2 Å². The summed E-state index contributed by atoms with van der Waals surface area (Å²) in [5.41, 5.74) is 3.65. The second kappa shape index (κ2) is 11.5. The number of aliphatic carboxylic acids is 1. The van der Waals surface area contributed by atoms with E-state index >= 15 is 0 Å². The molecule has 0 saturated carbocycles. The second-order valence-corrected chi connectivity index (χ2v) is 8.14. The molecule has 0 aliphatic carbocycles. The van der Waals surface area contributed by atoms with E-state index in [0.29, 0.717) is 46.8 Å². The molecule has 0 saturated heterocycles.